The highest BCUT2D eigenvalue weighted by molar-refractivity contribution is 5.75. The number of ether oxygens (including phenoxy) is 1. The largest absolute Gasteiger partial charge is 0.508 e. The van der Waals surface area contributed by atoms with Crippen LogP contribution >= 0.6 is 0 Å². The number of carbonyl (C=O) groups is 1. The molecule has 0 aromatic heterocycles. The molecule has 1 fully saturated rings. The van der Waals surface area contributed by atoms with E-state index in [2.05, 4.69) is 5.32 Å². The van der Waals surface area contributed by atoms with E-state index in [0.717, 1.165) is 18.5 Å². The Morgan fingerprint density at radius 2 is 2.24 bits per heavy atom. The molecule has 0 aliphatic carbocycles. The van der Waals surface area contributed by atoms with Gasteiger partial charge < -0.3 is 15.2 Å². The van der Waals surface area contributed by atoms with Crippen molar-refractivity contribution < 1.29 is 14.6 Å². The fourth-order valence-electron chi connectivity index (χ4n) is 2.35. The van der Waals surface area contributed by atoms with Crippen molar-refractivity contribution in [3.8, 4) is 5.75 Å². The Kier molecular flexibility index (Phi) is 3.64. The van der Waals surface area contributed by atoms with Crippen molar-refractivity contribution in [2.45, 2.75) is 24.8 Å². The Bertz CT molecular complexity index is 405. The molecule has 2 rings (SSSR count). The number of phenolic OH excluding ortho intramolecular Hbond substituents is 1. The summed E-state index contributed by atoms with van der Waals surface area (Å²) in [4.78, 5) is 11.5. The highest BCUT2D eigenvalue weighted by Crippen LogP contribution is 2.33. The number of aromatic hydroxyl groups is 1. The van der Waals surface area contributed by atoms with E-state index in [0.29, 0.717) is 12.2 Å². The summed E-state index contributed by atoms with van der Waals surface area (Å²) in [6, 6.07) is 7.05. The lowest BCUT2D eigenvalue weighted by molar-refractivity contribution is -0.143. The smallest absolute Gasteiger partial charge is 0.322 e. The monoisotopic (exact) mass is 235 g/mol. The first kappa shape index (κ1) is 11.9. The first-order valence-electron chi connectivity index (χ1n) is 5.81. The third-order valence-corrected chi connectivity index (χ3v) is 3.27. The van der Waals surface area contributed by atoms with Gasteiger partial charge in [-0.3, -0.25) is 4.79 Å². The summed E-state index contributed by atoms with van der Waals surface area (Å²) in [5.74, 6) is 0.287. The van der Waals surface area contributed by atoms with Crippen LogP contribution in [0.1, 0.15) is 24.3 Å². The second-order valence-electron chi connectivity index (χ2n) is 4.31. The van der Waals surface area contributed by atoms with E-state index in [1.54, 1.807) is 12.1 Å². The normalized spacial score (nSPS) is 24.3. The number of rotatable bonds is 2. The number of hydrogen-bond donors (Lipinski definition) is 2. The summed E-state index contributed by atoms with van der Waals surface area (Å²) >= 11 is 0. The van der Waals surface area contributed by atoms with Gasteiger partial charge in [0.15, 0.2) is 0 Å². The van der Waals surface area contributed by atoms with Gasteiger partial charge in [-0.05, 0) is 36.9 Å². The molecule has 0 saturated carbocycles. The van der Waals surface area contributed by atoms with E-state index in [1.807, 2.05) is 12.1 Å². The average molecular weight is 235 g/mol. The molecule has 1 heterocycles. The van der Waals surface area contributed by atoms with Crippen LogP contribution < -0.4 is 5.32 Å². The number of carbonyl (C=O) groups excluding carboxylic acids is 1. The molecule has 4 nitrogen and oxygen atoms in total. The Morgan fingerprint density at radius 1 is 1.47 bits per heavy atom. The van der Waals surface area contributed by atoms with E-state index in [1.165, 1.54) is 7.11 Å². The van der Waals surface area contributed by atoms with E-state index in [9.17, 15) is 9.90 Å². The second-order valence-corrected chi connectivity index (χ2v) is 4.31. The van der Waals surface area contributed by atoms with Crippen LogP contribution in [-0.4, -0.2) is 30.8 Å². The minimum atomic E-state index is -0.265. The fourth-order valence-corrected chi connectivity index (χ4v) is 2.35. The maximum absolute atomic E-state index is 11.5. The van der Waals surface area contributed by atoms with Crippen molar-refractivity contribution >= 4 is 5.97 Å². The highest BCUT2D eigenvalue weighted by Gasteiger charge is 2.29. The van der Waals surface area contributed by atoms with Gasteiger partial charge >= 0.3 is 5.97 Å². The molecule has 2 N–H and O–H groups in total. The van der Waals surface area contributed by atoms with Crippen LogP contribution in [0.5, 0.6) is 5.75 Å². The lowest BCUT2D eigenvalue weighted by Crippen LogP contribution is -2.43. The molecule has 92 valence electrons. The molecular weight excluding hydrogens is 218 g/mol. The zero-order chi connectivity index (χ0) is 12.3. The maximum Gasteiger partial charge on any atom is 0.322 e. The lowest BCUT2D eigenvalue weighted by atomic mass is 9.86. The Morgan fingerprint density at radius 3 is 2.94 bits per heavy atom. The van der Waals surface area contributed by atoms with Crippen molar-refractivity contribution in [2.75, 3.05) is 13.7 Å². The second kappa shape index (κ2) is 5.19. The molecule has 1 aliphatic rings. The quantitative estimate of drug-likeness (QED) is 0.761. The van der Waals surface area contributed by atoms with Crippen LogP contribution in [0.3, 0.4) is 0 Å². The molecule has 0 amide bonds. The van der Waals surface area contributed by atoms with Gasteiger partial charge in [0.2, 0.25) is 0 Å². The van der Waals surface area contributed by atoms with Crippen molar-refractivity contribution in [3.63, 3.8) is 0 Å². The van der Waals surface area contributed by atoms with E-state index >= 15 is 0 Å². The number of hydrogen-bond acceptors (Lipinski definition) is 4. The first-order valence-corrected chi connectivity index (χ1v) is 5.81. The molecule has 4 heteroatoms. The van der Waals surface area contributed by atoms with Gasteiger partial charge in [-0.15, -0.1) is 0 Å². The summed E-state index contributed by atoms with van der Waals surface area (Å²) in [6.45, 7) is 0.763. The van der Waals surface area contributed by atoms with Gasteiger partial charge in [0.25, 0.3) is 0 Å². The molecule has 1 aromatic carbocycles. The van der Waals surface area contributed by atoms with Crippen LogP contribution in [0.2, 0.25) is 0 Å². The van der Waals surface area contributed by atoms with Gasteiger partial charge in [-0.1, -0.05) is 18.2 Å². The number of benzene rings is 1. The minimum absolute atomic E-state index is 0.210. The van der Waals surface area contributed by atoms with Gasteiger partial charge in [0.05, 0.1) is 7.11 Å². The number of phenols is 1. The van der Waals surface area contributed by atoms with Crippen LogP contribution in [0.25, 0.3) is 0 Å². The van der Waals surface area contributed by atoms with Gasteiger partial charge in [-0.25, -0.2) is 0 Å². The third-order valence-electron chi connectivity index (χ3n) is 3.27. The predicted molar refractivity (Wildman–Crippen MR) is 63.9 cm³/mol. The van der Waals surface area contributed by atoms with E-state index < -0.39 is 0 Å². The molecule has 1 aliphatic heterocycles. The van der Waals surface area contributed by atoms with Crippen molar-refractivity contribution in [2.24, 2.45) is 0 Å². The summed E-state index contributed by atoms with van der Waals surface area (Å²) in [6.07, 6.45) is 1.59. The minimum Gasteiger partial charge on any atom is -0.508 e. The molecule has 0 radical (unpaired) electrons. The summed E-state index contributed by atoms with van der Waals surface area (Å²) in [5, 5.41) is 12.9. The fraction of sp³-hybridized carbons (Fsp3) is 0.462. The number of esters is 1. The molecule has 2 atom stereocenters. The molecule has 17 heavy (non-hydrogen) atoms. The molecule has 0 bridgehead atoms. The number of nitrogens with one attached hydrogen (secondary N) is 1. The standard InChI is InChI=1S/C13H17NO3/c1-17-13(16)11-8-9(6-7-14-11)10-4-2-3-5-12(10)15/h2-5,9,11,14-15H,6-8H2,1H3/t9-,11-/m0/s1. The number of piperidine rings is 1. The number of methoxy groups -OCH3 is 1. The zero-order valence-electron chi connectivity index (χ0n) is 9.85. The van der Waals surface area contributed by atoms with E-state index in [4.69, 9.17) is 4.74 Å². The third kappa shape index (κ3) is 2.58. The molecule has 1 aromatic rings. The van der Waals surface area contributed by atoms with Crippen LogP contribution in [0.4, 0.5) is 0 Å². The first-order chi connectivity index (χ1) is 8.22. The summed E-state index contributed by atoms with van der Waals surface area (Å²) in [7, 11) is 1.40. The Balaban J connectivity index is 2.12. The molecule has 0 unspecified atom stereocenters. The predicted octanol–water partition coefficient (Wildman–Crippen LogP) is 1.40. The number of para-hydroxylation sites is 1. The van der Waals surface area contributed by atoms with Crippen molar-refractivity contribution in [1.29, 1.82) is 0 Å². The average Bonchev–Trinajstić information content (AvgIpc) is 2.38. The molecule has 0 spiro atoms. The molecule has 1 saturated heterocycles. The maximum atomic E-state index is 11.5. The summed E-state index contributed by atoms with van der Waals surface area (Å²) in [5.41, 5.74) is 0.919. The van der Waals surface area contributed by atoms with Crippen LogP contribution in [0, 0.1) is 0 Å². The van der Waals surface area contributed by atoms with Crippen LogP contribution in [0.15, 0.2) is 24.3 Å². The van der Waals surface area contributed by atoms with Gasteiger partial charge in [0, 0.05) is 0 Å². The van der Waals surface area contributed by atoms with Crippen molar-refractivity contribution in [1.82, 2.24) is 5.32 Å². The Labute approximate surface area is 101 Å². The topological polar surface area (TPSA) is 58.6 Å². The summed E-state index contributed by atoms with van der Waals surface area (Å²) < 4.78 is 4.74. The van der Waals surface area contributed by atoms with Gasteiger partial charge in [-0.2, -0.15) is 0 Å². The zero-order valence-corrected chi connectivity index (χ0v) is 9.85. The lowest BCUT2D eigenvalue weighted by Gasteiger charge is -2.29. The van der Waals surface area contributed by atoms with Crippen molar-refractivity contribution in [3.05, 3.63) is 29.8 Å². The SMILES string of the molecule is COC(=O)[C@@H]1C[C@@H](c2ccccc2O)CCN1. The highest BCUT2D eigenvalue weighted by atomic mass is 16.5. The van der Waals surface area contributed by atoms with Gasteiger partial charge in [0.1, 0.15) is 11.8 Å². The Hall–Kier alpha value is -1.55. The van der Waals surface area contributed by atoms with Crippen LogP contribution in [-0.2, 0) is 9.53 Å². The molecular formula is C13H17NO3. The van der Waals surface area contributed by atoms with E-state index in [-0.39, 0.29) is 17.9 Å².